The molecule has 1 saturated heterocycles. The van der Waals surface area contributed by atoms with Crippen LogP contribution in [0.15, 0.2) is 60.7 Å². The Balaban J connectivity index is 1.94. The lowest BCUT2D eigenvalue weighted by atomic mass is 9.69. The molecular formula is C25H35N3O. The number of hydrogen-bond donors (Lipinski definition) is 1. The van der Waals surface area contributed by atoms with E-state index in [1.807, 2.05) is 36.4 Å². The Kier molecular flexibility index (Phi) is 7.45. The maximum Gasteiger partial charge on any atom is 0.235 e. The van der Waals surface area contributed by atoms with E-state index in [4.69, 9.17) is 0 Å². The molecule has 4 heteroatoms. The van der Waals surface area contributed by atoms with E-state index in [0.717, 1.165) is 37.2 Å². The van der Waals surface area contributed by atoms with Crippen LogP contribution in [-0.2, 0) is 10.2 Å². The number of nitrogens with zero attached hydrogens (tertiary/aromatic N) is 2. The van der Waals surface area contributed by atoms with E-state index in [0.29, 0.717) is 6.54 Å². The van der Waals surface area contributed by atoms with E-state index in [1.165, 1.54) is 12.8 Å². The molecule has 0 radical (unpaired) electrons. The minimum absolute atomic E-state index is 0.0998. The predicted molar refractivity (Wildman–Crippen MR) is 120 cm³/mol. The number of carbonyl (C=O) groups is 1. The molecule has 2 aromatic carbocycles. The van der Waals surface area contributed by atoms with Crippen LogP contribution in [0.5, 0.6) is 0 Å². The Morgan fingerprint density at radius 1 is 1.00 bits per heavy atom. The SMILES string of the molecule is CC(CC(C(=O)NCCN1CCCC1)(c1ccccc1)c1ccccc1)N(C)C. The summed E-state index contributed by atoms with van der Waals surface area (Å²) >= 11 is 0. The average molecular weight is 394 g/mol. The molecule has 0 aromatic heterocycles. The predicted octanol–water partition coefficient (Wildman–Crippen LogP) is 3.52. The number of nitrogens with one attached hydrogen (secondary N) is 1. The second-order valence-corrected chi connectivity index (χ2v) is 8.46. The summed E-state index contributed by atoms with van der Waals surface area (Å²) in [5.74, 6) is 0.0998. The van der Waals surface area contributed by atoms with Gasteiger partial charge in [0.15, 0.2) is 0 Å². The van der Waals surface area contributed by atoms with E-state index in [2.05, 4.69) is 60.4 Å². The molecule has 1 aliphatic rings. The van der Waals surface area contributed by atoms with Crippen molar-refractivity contribution in [1.29, 1.82) is 0 Å². The minimum Gasteiger partial charge on any atom is -0.354 e. The average Bonchev–Trinajstić information content (AvgIpc) is 3.26. The zero-order valence-corrected chi connectivity index (χ0v) is 18.1. The first-order valence-corrected chi connectivity index (χ1v) is 10.8. The van der Waals surface area contributed by atoms with Crippen molar-refractivity contribution in [1.82, 2.24) is 15.1 Å². The Bertz CT molecular complexity index is 715. The highest BCUT2D eigenvalue weighted by molar-refractivity contribution is 5.92. The zero-order valence-electron chi connectivity index (χ0n) is 18.1. The normalized spacial score (nSPS) is 16.1. The van der Waals surface area contributed by atoms with Gasteiger partial charge in [0.05, 0.1) is 0 Å². The number of amides is 1. The summed E-state index contributed by atoms with van der Waals surface area (Å²) in [5.41, 5.74) is 1.40. The van der Waals surface area contributed by atoms with Crippen LogP contribution in [-0.4, -0.2) is 62.0 Å². The van der Waals surface area contributed by atoms with Crippen LogP contribution in [0, 0.1) is 0 Å². The summed E-state index contributed by atoms with van der Waals surface area (Å²) in [6, 6.07) is 20.8. The van der Waals surface area contributed by atoms with Gasteiger partial charge in [0, 0.05) is 19.1 Å². The largest absolute Gasteiger partial charge is 0.354 e. The number of carbonyl (C=O) groups excluding carboxylic acids is 1. The monoisotopic (exact) mass is 393 g/mol. The molecule has 1 heterocycles. The van der Waals surface area contributed by atoms with E-state index in [9.17, 15) is 4.79 Å². The van der Waals surface area contributed by atoms with E-state index < -0.39 is 5.41 Å². The summed E-state index contributed by atoms with van der Waals surface area (Å²) < 4.78 is 0. The van der Waals surface area contributed by atoms with Gasteiger partial charge in [-0.3, -0.25) is 4.79 Å². The minimum atomic E-state index is -0.711. The Hall–Kier alpha value is -2.17. The fourth-order valence-corrected chi connectivity index (χ4v) is 4.31. The van der Waals surface area contributed by atoms with Crippen LogP contribution >= 0.6 is 0 Å². The highest BCUT2D eigenvalue weighted by Crippen LogP contribution is 2.38. The lowest BCUT2D eigenvalue weighted by Gasteiger charge is -2.37. The summed E-state index contributed by atoms with van der Waals surface area (Å²) in [6.07, 6.45) is 3.27. The highest BCUT2D eigenvalue weighted by atomic mass is 16.2. The maximum atomic E-state index is 13.8. The van der Waals surface area contributed by atoms with Gasteiger partial charge in [-0.15, -0.1) is 0 Å². The first kappa shape index (κ1) is 21.5. The summed E-state index contributed by atoms with van der Waals surface area (Å²) in [6.45, 7) is 6.11. The van der Waals surface area contributed by atoms with Crippen molar-refractivity contribution in [3.8, 4) is 0 Å². The first-order chi connectivity index (χ1) is 14.0. The van der Waals surface area contributed by atoms with Crippen LogP contribution < -0.4 is 5.32 Å². The number of hydrogen-bond acceptors (Lipinski definition) is 3. The molecule has 1 aliphatic heterocycles. The van der Waals surface area contributed by atoms with Gasteiger partial charge in [-0.05, 0) is 64.5 Å². The third-order valence-electron chi connectivity index (χ3n) is 6.32. The van der Waals surface area contributed by atoms with Gasteiger partial charge in [0.2, 0.25) is 5.91 Å². The molecule has 0 bridgehead atoms. The molecule has 1 N–H and O–H groups in total. The molecule has 29 heavy (non-hydrogen) atoms. The molecule has 1 unspecified atom stereocenters. The van der Waals surface area contributed by atoms with Crippen molar-refractivity contribution in [2.24, 2.45) is 0 Å². The molecule has 156 valence electrons. The lowest BCUT2D eigenvalue weighted by Crippen LogP contribution is -2.50. The van der Waals surface area contributed by atoms with Gasteiger partial charge in [0.25, 0.3) is 0 Å². The molecule has 0 saturated carbocycles. The fraction of sp³-hybridized carbons (Fsp3) is 0.480. The number of rotatable bonds is 9. The molecule has 0 aliphatic carbocycles. The van der Waals surface area contributed by atoms with Crippen molar-refractivity contribution in [3.05, 3.63) is 71.8 Å². The van der Waals surface area contributed by atoms with Crippen LogP contribution in [0.3, 0.4) is 0 Å². The molecule has 1 fully saturated rings. The third-order valence-corrected chi connectivity index (χ3v) is 6.32. The van der Waals surface area contributed by atoms with Gasteiger partial charge >= 0.3 is 0 Å². The maximum absolute atomic E-state index is 13.8. The molecule has 4 nitrogen and oxygen atoms in total. The summed E-state index contributed by atoms with van der Waals surface area (Å²) in [5, 5.41) is 3.29. The second kappa shape index (κ2) is 10.0. The van der Waals surface area contributed by atoms with Gasteiger partial charge in [-0.2, -0.15) is 0 Å². The number of benzene rings is 2. The molecule has 1 atom stereocenters. The Morgan fingerprint density at radius 3 is 2.00 bits per heavy atom. The van der Waals surface area contributed by atoms with Crippen LogP contribution in [0.1, 0.15) is 37.3 Å². The van der Waals surface area contributed by atoms with E-state index in [1.54, 1.807) is 0 Å². The summed E-state index contributed by atoms with van der Waals surface area (Å²) in [4.78, 5) is 18.5. The Labute approximate surface area is 175 Å². The Morgan fingerprint density at radius 2 is 1.52 bits per heavy atom. The van der Waals surface area contributed by atoms with Gasteiger partial charge < -0.3 is 15.1 Å². The first-order valence-electron chi connectivity index (χ1n) is 10.8. The quantitative estimate of drug-likeness (QED) is 0.708. The third kappa shape index (κ3) is 5.06. The van der Waals surface area contributed by atoms with Crippen molar-refractivity contribution in [2.75, 3.05) is 40.3 Å². The second-order valence-electron chi connectivity index (χ2n) is 8.46. The van der Waals surface area contributed by atoms with Crippen molar-refractivity contribution in [2.45, 2.75) is 37.6 Å². The van der Waals surface area contributed by atoms with E-state index in [-0.39, 0.29) is 11.9 Å². The van der Waals surface area contributed by atoms with Crippen LogP contribution in [0.2, 0.25) is 0 Å². The van der Waals surface area contributed by atoms with Gasteiger partial charge in [-0.1, -0.05) is 60.7 Å². The van der Waals surface area contributed by atoms with Gasteiger partial charge in [0.1, 0.15) is 5.41 Å². The van der Waals surface area contributed by atoms with Crippen LogP contribution in [0.4, 0.5) is 0 Å². The number of likely N-dealkylation sites (tertiary alicyclic amines) is 1. The van der Waals surface area contributed by atoms with E-state index >= 15 is 0 Å². The molecular weight excluding hydrogens is 358 g/mol. The zero-order chi connectivity index (χ0) is 20.7. The van der Waals surface area contributed by atoms with Crippen molar-refractivity contribution >= 4 is 5.91 Å². The molecule has 2 aromatic rings. The van der Waals surface area contributed by atoms with Crippen molar-refractivity contribution in [3.63, 3.8) is 0 Å². The molecule has 0 spiro atoms. The topological polar surface area (TPSA) is 35.6 Å². The fourth-order valence-electron chi connectivity index (χ4n) is 4.31. The molecule has 3 rings (SSSR count). The van der Waals surface area contributed by atoms with Crippen molar-refractivity contribution < 1.29 is 4.79 Å². The lowest BCUT2D eigenvalue weighted by molar-refractivity contribution is -0.126. The van der Waals surface area contributed by atoms with Gasteiger partial charge in [-0.25, -0.2) is 0 Å². The summed E-state index contributed by atoms with van der Waals surface area (Å²) in [7, 11) is 4.16. The molecule has 1 amide bonds. The standard InChI is InChI=1S/C25H35N3O/c1-21(27(2)3)20-25(22-12-6-4-7-13-22,23-14-8-5-9-15-23)24(29)26-16-19-28-17-10-11-18-28/h4-9,12-15,21H,10-11,16-20H2,1-3H3,(H,26,29). The highest BCUT2D eigenvalue weighted by Gasteiger charge is 2.43. The van der Waals surface area contributed by atoms with Crippen LogP contribution in [0.25, 0.3) is 0 Å². The smallest absolute Gasteiger partial charge is 0.235 e.